The molecule has 2 aromatic rings. The maximum absolute atomic E-state index is 12.0. The molecule has 0 radical (unpaired) electrons. The summed E-state index contributed by atoms with van der Waals surface area (Å²) < 4.78 is 19.2. The number of para-hydroxylation sites is 1. The fourth-order valence-corrected chi connectivity index (χ4v) is 3.91. The lowest BCUT2D eigenvalue weighted by molar-refractivity contribution is -0.144. The molecule has 0 saturated carbocycles. The second-order valence-electron chi connectivity index (χ2n) is 8.88. The number of aryl methyl sites for hydroxylation is 1. The Labute approximate surface area is 196 Å². The number of nitrogens with zero attached hydrogens (tertiary/aromatic N) is 4. The van der Waals surface area contributed by atoms with Crippen molar-refractivity contribution < 1.29 is 19.0 Å². The average molecular weight is 460 g/mol. The molecule has 3 atom stereocenters. The van der Waals surface area contributed by atoms with Crippen LogP contribution >= 0.6 is 0 Å². The van der Waals surface area contributed by atoms with Crippen molar-refractivity contribution in [3.8, 4) is 5.75 Å². The van der Waals surface area contributed by atoms with Gasteiger partial charge in [-0.1, -0.05) is 30.3 Å². The van der Waals surface area contributed by atoms with Gasteiger partial charge in [-0.15, -0.1) is 5.10 Å². The monoisotopic (exact) mass is 459 g/mol. The van der Waals surface area contributed by atoms with Gasteiger partial charge < -0.3 is 19.5 Å². The average Bonchev–Trinajstić information content (AvgIpc) is 3.25. The predicted molar refractivity (Wildman–Crippen MR) is 125 cm³/mol. The van der Waals surface area contributed by atoms with Crippen molar-refractivity contribution >= 4 is 5.97 Å². The fourth-order valence-electron chi connectivity index (χ4n) is 3.91. The molecule has 1 aromatic heterocycles. The van der Waals surface area contributed by atoms with Crippen molar-refractivity contribution in [1.29, 1.82) is 0 Å². The van der Waals surface area contributed by atoms with Gasteiger partial charge in [-0.25, -0.2) is 4.68 Å². The van der Waals surface area contributed by atoms with E-state index >= 15 is 0 Å². The van der Waals surface area contributed by atoms with Crippen LogP contribution in [-0.4, -0.2) is 71.9 Å². The summed E-state index contributed by atoms with van der Waals surface area (Å²) in [4.78, 5) is 14.3. The van der Waals surface area contributed by atoms with Gasteiger partial charge >= 0.3 is 5.97 Å². The zero-order valence-electron chi connectivity index (χ0n) is 20.2. The first-order valence-corrected chi connectivity index (χ1v) is 11.6. The van der Waals surface area contributed by atoms with Crippen LogP contribution in [-0.2, 0) is 34.0 Å². The fraction of sp³-hybridized carbons (Fsp3) is 0.625. The van der Waals surface area contributed by atoms with Crippen molar-refractivity contribution in [3.05, 3.63) is 41.7 Å². The van der Waals surface area contributed by atoms with Crippen LogP contribution in [0.4, 0.5) is 0 Å². The number of carbonyl (C=O) groups excluding carboxylic acids is 1. The van der Waals surface area contributed by atoms with Gasteiger partial charge in [0.2, 0.25) is 0 Å². The molecule has 1 aliphatic rings. The normalized spacial score (nSPS) is 23.3. The summed E-state index contributed by atoms with van der Waals surface area (Å²) in [5.74, 6) is 0.943. The topological polar surface area (TPSA) is 90.7 Å². The molecule has 0 fully saturated rings. The van der Waals surface area contributed by atoms with E-state index in [0.717, 1.165) is 36.6 Å². The molecule has 33 heavy (non-hydrogen) atoms. The van der Waals surface area contributed by atoms with E-state index in [1.165, 1.54) is 0 Å². The van der Waals surface area contributed by atoms with E-state index in [-0.39, 0.29) is 24.0 Å². The second kappa shape index (κ2) is 12.7. The smallest absolute Gasteiger partial charge is 0.305 e. The number of carbonyl (C=O) groups is 1. The quantitative estimate of drug-likeness (QED) is 0.681. The highest BCUT2D eigenvalue weighted by molar-refractivity contribution is 5.69. The predicted octanol–water partition coefficient (Wildman–Crippen LogP) is 2.26. The minimum absolute atomic E-state index is 0.0135. The Morgan fingerprint density at radius 2 is 2.12 bits per heavy atom. The molecule has 0 unspecified atom stereocenters. The SMILES string of the molecule is COc1ccccc1CN(C)C[C@H]1OCc2cnnn2CCCC(=O)OC[C@H](C)NC[C@H]1C. The number of fused-ring (bicyclic) bond motifs is 1. The number of nitrogens with one attached hydrogen (secondary N) is 1. The van der Waals surface area contributed by atoms with Crippen molar-refractivity contribution in [2.75, 3.05) is 33.9 Å². The highest BCUT2D eigenvalue weighted by Gasteiger charge is 2.23. The van der Waals surface area contributed by atoms with Crippen LogP contribution < -0.4 is 10.1 Å². The second-order valence-corrected chi connectivity index (χ2v) is 8.88. The number of hydrogen-bond donors (Lipinski definition) is 1. The number of esters is 1. The summed E-state index contributed by atoms with van der Waals surface area (Å²) in [5.41, 5.74) is 2.05. The molecule has 3 rings (SSSR count). The zero-order valence-corrected chi connectivity index (χ0v) is 20.2. The number of benzene rings is 1. The third-order valence-corrected chi connectivity index (χ3v) is 5.94. The molecule has 1 aromatic carbocycles. The molecular weight excluding hydrogens is 422 g/mol. The van der Waals surface area contributed by atoms with Gasteiger partial charge in [0.1, 0.15) is 12.4 Å². The van der Waals surface area contributed by atoms with E-state index in [0.29, 0.717) is 32.6 Å². The lowest BCUT2D eigenvalue weighted by Gasteiger charge is -2.30. The lowest BCUT2D eigenvalue weighted by Crippen LogP contribution is -2.42. The molecule has 0 spiro atoms. The summed E-state index contributed by atoms with van der Waals surface area (Å²) >= 11 is 0. The standard InChI is InChI=1S/C24H37N5O4/c1-18-12-25-19(2)16-33-24(30)10-7-11-29-21(13-26-27-29)17-32-23(18)15-28(3)14-20-8-5-6-9-22(20)31-4/h5-6,8-9,13,18-19,23,25H,7,10-12,14-17H2,1-4H3/t18-,19+,23-/m1/s1. The third kappa shape index (κ3) is 7.80. The molecule has 1 N–H and O–H groups in total. The van der Waals surface area contributed by atoms with Crippen LogP contribution in [0.15, 0.2) is 30.5 Å². The first-order chi connectivity index (χ1) is 16.0. The molecule has 0 amide bonds. The Hall–Kier alpha value is -2.49. The van der Waals surface area contributed by atoms with Gasteiger partial charge in [0.25, 0.3) is 0 Å². The first kappa shape index (κ1) is 25.1. The van der Waals surface area contributed by atoms with Crippen molar-refractivity contribution in [1.82, 2.24) is 25.2 Å². The summed E-state index contributed by atoms with van der Waals surface area (Å²) in [5, 5.41) is 11.7. The third-order valence-electron chi connectivity index (χ3n) is 5.94. The van der Waals surface area contributed by atoms with Crippen LogP contribution in [0.25, 0.3) is 0 Å². The van der Waals surface area contributed by atoms with Gasteiger partial charge in [-0.05, 0) is 32.4 Å². The number of ether oxygens (including phenoxy) is 3. The molecule has 2 heterocycles. The number of rotatable bonds is 5. The van der Waals surface area contributed by atoms with Crippen molar-refractivity contribution in [2.24, 2.45) is 5.92 Å². The lowest BCUT2D eigenvalue weighted by atomic mass is 10.0. The number of aromatic nitrogens is 3. The number of cyclic esters (lactones) is 1. The highest BCUT2D eigenvalue weighted by Crippen LogP contribution is 2.20. The number of likely N-dealkylation sites (N-methyl/N-ethyl adjacent to an activating group) is 1. The largest absolute Gasteiger partial charge is 0.496 e. The van der Waals surface area contributed by atoms with E-state index < -0.39 is 0 Å². The van der Waals surface area contributed by atoms with E-state index in [1.54, 1.807) is 13.3 Å². The maximum atomic E-state index is 12.0. The van der Waals surface area contributed by atoms with Crippen LogP contribution in [0.1, 0.15) is 37.9 Å². The van der Waals surface area contributed by atoms with Gasteiger partial charge in [0.05, 0.1) is 31.7 Å². The van der Waals surface area contributed by atoms with Crippen LogP contribution in [0.5, 0.6) is 5.75 Å². The molecule has 0 saturated heterocycles. The molecule has 0 aliphatic carbocycles. The molecule has 9 heteroatoms. The zero-order chi connectivity index (χ0) is 23.6. The van der Waals surface area contributed by atoms with Crippen LogP contribution in [0.3, 0.4) is 0 Å². The molecule has 0 bridgehead atoms. The highest BCUT2D eigenvalue weighted by atomic mass is 16.5. The Kier molecular flexibility index (Phi) is 9.65. The molecule has 182 valence electrons. The Balaban J connectivity index is 1.70. The Morgan fingerprint density at radius 3 is 2.94 bits per heavy atom. The summed E-state index contributed by atoms with van der Waals surface area (Å²) in [6.45, 7) is 7.87. The minimum atomic E-state index is -0.180. The molecule has 9 nitrogen and oxygen atoms in total. The van der Waals surface area contributed by atoms with Gasteiger partial charge in [0.15, 0.2) is 0 Å². The van der Waals surface area contributed by atoms with E-state index in [4.69, 9.17) is 14.2 Å². The van der Waals surface area contributed by atoms with Crippen molar-refractivity contribution in [3.63, 3.8) is 0 Å². The van der Waals surface area contributed by atoms with Gasteiger partial charge in [-0.3, -0.25) is 9.69 Å². The van der Waals surface area contributed by atoms with Crippen molar-refractivity contribution in [2.45, 2.75) is 58.5 Å². The van der Waals surface area contributed by atoms with Gasteiger partial charge in [0, 0.05) is 44.2 Å². The number of methoxy groups -OCH3 is 1. The Morgan fingerprint density at radius 1 is 1.30 bits per heavy atom. The first-order valence-electron chi connectivity index (χ1n) is 11.6. The van der Waals surface area contributed by atoms with E-state index in [2.05, 4.69) is 40.6 Å². The summed E-state index contributed by atoms with van der Waals surface area (Å²) in [6, 6.07) is 8.16. The molecular formula is C24H37N5O4. The molecule has 1 aliphatic heterocycles. The van der Waals surface area contributed by atoms with Crippen LogP contribution in [0, 0.1) is 5.92 Å². The minimum Gasteiger partial charge on any atom is -0.496 e. The van der Waals surface area contributed by atoms with E-state index in [1.807, 2.05) is 29.8 Å². The van der Waals surface area contributed by atoms with Crippen LogP contribution in [0.2, 0.25) is 0 Å². The number of hydrogen-bond acceptors (Lipinski definition) is 8. The van der Waals surface area contributed by atoms with E-state index in [9.17, 15) is 4.79 Å². The van der Waals surface area contributed by atoms with Gasteiger partial charge in [-0.2, -0.15) is 0 Å². The summed E-state index contributed by atoms with van der Waals surface area (Å²) in [7, 11) is 3.80. The summed E-state index contributed by atoms with van der Waals surface area (Å²) in [6.07, 6.45) is 2.73. The Bertz CT molecular complexity index is 874. The maximum Gasteiger partial charge on any atom is 0.305 e.